The fourth-order valence-electron chi connectivity index (χ4n) is 2.34. The van der Waals surface area contributed by atoms with E-state index in [0.29, 0.717) is 18.3 Å². The van der Waals surface area contributed by atoms with E-state index < -0.39 is 0 Å². The Kier molecular flexibility index (Phi) is 5.75. The van der Waals surface area contributed by atoms with Gasteiger partial charge in [-0.3, -0.25) is 0 Å². The van der Waals surface area contributed by atoms with Gasteiger partial charge in [-0.25, -0.2) is 4.79 Å². The first kappa shape index (κ1) is 14.3. The molecule has 0 spiro atoms. The minimum atomic E-state index is 0.0312. The van der Waals surface area contributed by atoms with Gasteiger partial charge >= 0.3 is 6.03 Å². The molecular formula is C13H26N2O2. The zero-order valence-electron chi connectivity index (χ0n) is 11.3. The molecular weight excluding hydrogens is 216 g/mol. The number of likely N-dealkylation sites (tertiary alicyclic amines) is 1. The third kappa shape index (κ3) is 4.54. The Labute approximate surface area is 104 Å². The maximum atomic E-state index is 12.1. The molecule has 0 saturated carbocycles. The van der Waals surface area contributed by atoms with Crippen LogP contribution in [-0.2, 0) is 0 Å². The number of rotatable bonds is 4. The van der Waals surface area contributed by atoms with Crippen molar-refractivity contribution < 1.29 is 9.90 Å². The average Bonchev–Trinajstić information content (AvgIpc) is 2.28. The van der Waals surface area contributed by atoms with Gasteiger partial charge in [-0.1, -0.05) is 20.8 Å². The third-order valence-electron chi connectivity index (χ3n) is 3.50. The topological polar surface area (TPSA) is 52.6 Å². The molecule has 1 aliphatic heterocycles. The van der Waals surface area contributed by atoms with Gasteiger partial charge < -0.3 is 15.3 Å². The van der Waals surface area contributed by atoms with Crippen LogP contribution in [0.4, 0.5) is 4.79 Å². The predicted octanol–water partition coefficient (Wildman–Crippen LogP) is 1.83. The first-order valence-electron chi connectivity index (χ1n) is 6.71. The summed E-state index contributed by atoms with van der Waals surface area (Å²) in [6.07, 6.45) is 2.95. The van der Waals surface area contributed by atoms with Crippen molar-refractivity contribution in [2.75, 3.05) is 19.7 Å². The van der Waals surface area contributed by atoms with E-state index in [9.17, 15) is 4.79 Å². The first-order chi connectivity index (χ1) is 8.04. The highest BCUT2D eigenvalue weighted by Gasteiger charge is 2.23. The lowest BCUT2D eigenvalue weighted by atomic mass is 10.00. The Morgan fingerprint density at radius 2 is 2.24 bits per heavy atom. The number of amides is 2. The Balaban J connectivity index is 2.45. The van der Waals surface area contributed by atoms with E-state index in [1.54, 1.807) is 0 Å². The number of carbonyl (C=O) groups is 1. The highest BCUT2D eigenvalue weighted by atomic mass is 16.3. The molecule has 2 amide bonds. The van der Waals surface area contributed by atoms with Gasteiger partial charge in [0.1, 0.15) is 0 Å². The normalized spacial score (nSPS) is 22.6. The minimum Gasteiger partial charge on any atom is -0.396 e. The van der Waals surface area contributed by atoms with Crippen molar-refractivity contribution in [3.8, 4) is 0 Å². The van der Waals surface area contributed by atoms with Gasteiger partial charge in [-0.2, -0.15) is 0 Å². The standard InChI is InChI=1S/C13H26N2O2/c1-10(2)12(6-8-16)14-13(17)15-7-4-5-11(3)9-15/h10-12,16H,4-9H2,1-3H3,(H,14,17). The monoisotopic (exact) mass is 242 g/mol. The summed E-state index contributed by atoms with van der Waals surface area (Å²) in [6, 6.07) is 0.105. The number of nitrogens with one attached hydrogen (secondary N) is 1. The molecule has 0 aromatic heterocycles. The number of hydrogen-bond donors (Lipinski definition) is 2. The van der Waals surface area contributed by atoms with Crippen molar-refractivity contribution in [2.24, 2.45) is 11.8 Å². The van der Waals surface area contributed by atoms with Crippen LogP contribution in [-0.4, -0.2) is 41.8 Å². The number of piperidine rings is 1. The summed E-state index contributed by atoms with van der Waals surface area (Å²) in [5, 5.41) is 12.0. The van der Waals surface area contributed by atoms with E-state index in [0.717, 1.165) is 19.5 Å². The number of urea groups is 1. The fourth-order valence-corrected chi connectivity index (χ4v) is 2.34. The Morgan fingerprint density at radius 1 is 1.53 bits per heavy atom. The van der Waals surface area contributed by atoms with Crippen LogP contribution in [0.5, 0.6) is 0 Å². The van der Waals surface area contributed by atoms with Crippen LogP contribution >= 0.6 is 0 Å². The van der Waals surface area contributed by atoms with Crippen LogP contribution in [0.3, 0.4) is 0 Å². The largest absolute Gasteiger partial charge is 0.396 e. The molecule has 4 nitrogen and oxygen atoms in total. The summed E-state index contributed by atoms with van der Waals surface area (Å²) in [5.74, 6) is 0.957. The lowest BCUT2D eigenvalue weighted by Gasteiger charge is -2.33. The molecule has 0 radical (unpaired) electrons. The highest BCUT2D eigenvalue weighted by Crippen LogP contribution is 2.16. The number of carbonyl (C=O) groups excluding carboxylic acids is 1. The second-order valence-corrected chi connectivity index (χ2v) is 5.51. The van der Waals surface area contributed by atoms with E-state index in [4.69, 9.17) is 5.11 Å². The smallest absolute Gasteiger partial charge is 0.317 e. The molecule has 1 rings (SSSR count). The molecule has 0 aromatic rings. The average molecular weight is 242 g/mol. The maximum absolute atomic E-state index is 12.1. The molecule has 1 fully saturated rings. The quantitative estimate of drug-likeness (QED) is 0.790. The maximum Gasteiger partial charge on any atom is 0.317 e. The van der Waals surface area contributed by atoms with Crippen LogP contribution < -0.4 is 5.32 Å². The van der Waals surface area contributed by atoms with Crippen LogP contribution in [0.2, 0.25) is 0 Å². The van der Waals surface area contributed by atoms with Gasteiger partial charge in [0.05, 0.1) is 0 Å². The molecule has 4 heteroatoms. The molecule has 2 unspecified atom stereocenters. The van der Waals surface area contributed by atoms with Gasteiger partial charge in [0, 0.05) is 25.7 Å². The Bertz CT molecular complexity index is 244. The zero-order valence-corrected chi connectivity index (χ0v) is 11.3. The summed E-state index contributed by atoms with van der Waals surface area (Å²) in [7, 11) is 0. The second kappa shape index (κ2) is 6.84. The Morgan fingerprint density at radius 3 is 2.76 bits per heavy atom. The van der Waals surface area contributed by atoms with E-state index in [2.05, 4.69) is 26.1 Å². The fraction of sp³-hybridized carbons (Fsp3) is 0.923. The lowest BCUT2D eigenvalue weighted by molar-refractivity contribution is 0.159. The van der Waals surface area contributed by atoms with Crippen molar-refractivity contribution in [2.45, 2.75) is 46.1 Å². The van der Waals surface area contributed by atoms with Gasteiger partial charge in [0.25, 0.3) is 0 Å². The molecule has 17 heavy (non-hydrogen) atoms. The summed E-state index contributed by atoms with van der Waals surface area (Å²) < 4.78 is 0. The number of aliphatic hydroxyl groups excluding tert-OH is 1. The number of aliphatic hydroxyl groups is 1. The van der Waals surface area contributed by atoms with Gasteiger partial charge in [-0.15, -0.1) is 0 Å². The molecule has 1 heterocycles. The number of hydrogen-bond acceptors (Lipinski definition) is 2. The van der Waals surface area contributed by atoms with E-state index in [-0.39, 0.29) is 18.7 Å². The molecule has 100 valence electrons. The molecule has 1 saturated heterocycles. The van der Waals surface area contributed by atoms with Crippen molar-refractivity contribution in [3.63, 3.8) is 0 Å². The predicted molar refractivity (Wildman–Crippen MR) is 68.8 cm³/mol. The van der Waals surface area contributed by atoms with Crippen molar-refractivity contribution in [1.82, 2.24) is 10.2 Å². The summed E-state index contributed by atoms with van der Waals surface area (Å²) in [6.45, 7) is 8.17. The van der Waals surface area contributed by atoms with Gasteiger partial charge in [0.15, 0.2) is 0 Å². The minimum absolute atomic E-state index is 0.0312. The SMILES string of the molecule is CC1CCCN(C(=O)NC(CCO)C(C)C)C1. The van der Waals surface area contributed by atoms with Crippen molar-refractivity contribution in [3.05, 3.63) is 0 Å². The Hall–Kier alpha value is -0.770. The van der Waals surface area contributed by atoms with Crippen molar-refractivity contribution >= 4 is 6.03 Å². The zero-order chi connectivity index (χ0) is 12.8. The van der Waals surface area contributed by atoms with Crippen LogP contribution in [0, 0.1) is 11.8 Å². The third-order valence-corrected chi connectivity index (χ3v) is 3.50. The molecule has 0 aromatic carbocycles. The van der Waals surface area contributed by atoms with Crippen molar-refractivity contribution in [1.29, 1.82) is 0 Å². The van der Waals surface area contributed by atoms with Gasteiger partial charge in [-0.05, 0) is 31.1 Å². The number of nitrogens with zero attached hydrogens (tertiary/aromatic N) is 1. The lowest BCUT2D eigenvalue weighted by Crippen LogP contribution is -2.49. The first-order valence-corrected chi connectivity index (χ1v) is 6.71. The van der Waals surface area contributed by atoms with E-state index in [1.807, 2.05) is 4.90 Å². The highest BCUT2D eigenvalue weighted by molar-refractivity contribution is 5.74. The summed E-state index contributed by atoms with van der Waals surface area (Å²) in [4.78, 5) is 14.0. The van der Waals surface area contributed by atoms with E-state index in [1.165, 1.54) is 6.42 Å². The van der Waals surface area contributed by atoms with E-state index >= 15 is 0 Å². The molecule has 1 aliphatic rings. The molecule has 0 bridgehead atoms. The second-order valence-electron chi connectivity index (χ2n) is 5.51. The molecule has 0 aliphatic carbocycles. The summed E-state index contributed by atoms with van der Waals surface area (Å²) >= 11 is 0. The summed E-state index contributed by atoms with van der Waals surface area (Å²) in [5.41, 5.74) is 0. The van der Waals surface area contributed by atoms with Crippen LogP contribution in [0.15, 0.2) is 0 Å². The van der Waals surface area contributed by atoms with Gasteiger partial charge in [0.2, 0.25) is 0 Å². The van der Waals surface area contributed by atoms with Crippen LogP contribution in [0.25, 0.3) is 0 Å². The molecule has 2 atom stereocenters. The molecule has 2 N–H and O–H groups in total. The van der Waals surface area contributed by atoms with Crippen LogP contribution in [0.1, 0.15) is 40.0 Å².